The van der Waals surface area contributed by atoms with Crippen molar-refractivity contribution < 1.29 is 14.7 Å². The molecular weight excluding hydrogens is 328 g/mol. The van der Waals surface area contributed by atoms with Crippen LogP contribution in [0.2, 0.25) is 0 Å². The molecule has 0 radical (unpaired) electrons. The van der Waals surface area contributed by atoms with Crippen molar-refractivity contribution in [2.75, 3.05) is 13.1 Å². The molecule has 4 fully saturated rings. The normalized spacial score (nSPS) is 34.5. The van der Waals surface area contributed by atoms with E-state index in [2.05, 4.69) is 10.6 Å². The predicted molar refractivity (Wildman–Crippen MR) is 98.5 cm³/mol. The van der Waals surface area contributed by atoms with Gasteiger partial charge in [-0.25, -0.2) is 0 Å². The first-order valence-electron chi connectivity index (χ1n) is 9.78. The van der Waals surface area contributed by atoms with Gasteiger partial charge < -0.3 is 15.7 Å². The van der Waals surface area contributed by atoms with Gasteiger partial charge in [0.1, 0.15) is 0 Å². The van der Waals surface area contributed by atoms with Gasteiger partial charge in [-0.1, -0.05) is 18.2 Å². The molecule has 0 heterocycles. The standard InChI is InChI=1S/C21H28N2O3/c24-18(22-6-7-23-19(25)17-4-2-1-3-5-17)13-20-9-15-8-16(10-20)12-21(26,11-15)14-20/h1-5,15-16,26H,6-14H2,(H,22,24)(H,23,25). The molecule has 0 saturated heterocycles. The molecule has 4 bridgehead atoms. The summed E-state index contributed by atoms with van der Waals surface area (Å²) in [5.74, 6) is 1.12. The lowest BCUT2D eigenvalue weighted by Crippen LogP contribution is -2.56. The van der Waals surface area contributed by atoms with Crippen LogP contribution in [0.5, 0.6) is 0 Å². The predicted octanol–water partition coefficient (Wildman–Crippen LogP) is 2.25. The molecule has 1 aromatic carbocycles. The summed E-state index contributed by atoms with van der Waals surface area (Å²) in [6.45, 7) is 0.853. The van der Waals surface area contributed by atoms with E-state index in [1.807, 2.05) is 18.2 Å². The third-order valence-electron chi connectivity index (χ3n) is 6.46. The van der Waals surface area contributed by atoms with Gasteiger partial charge in [-0.3, -0.25) is 9.59 Å². The van der Waals surface area contributed by atoms with Gasteiger partial charge >= 0.3 is 0 Å². The van der Waals surface area contributed by atoms with Crippen LogP contribution in [0.3, 0.4) is 0 Å². The Morgan fingerprint density at radius 1 is 1.00 bits per heavy atom. The Morgan fingerprint density at radius 2 is 1.65 bits per heavy atom. The highest BCUT2D eigenvalue weighted by molar-refractivity contribution is 5.94. The third kappa shape index (κ3) is 3.63. The lowest BCUT2D eigenvalue weighted by molar-refractivity contribution is -0.169. The van der Waals surface area contributed by atoms with Gasteiger partial charge in [-0.05, 0) is 67.9 Å². The quantitative estimate of drug-likeness (QED) is 0.684. The summed E-state index contributed by atoms with van der Waals surface area (Å²) < 4.78 is 0. The molecule has 5 nitrogen and oxygen atoms in total. The smallest absolute Gasteiger partial charge is 0.251 e. The van der Waals surface area contributed by atoms with E-state index in [1.165, 1.54) is 6.42 Å². The number of hydrogen-bond acceptors (Lipinski definition) is 3. The molecule has 1 aromatic rings. The van der Waals surface area contributed by atoms with E-state index in [9.17, 15) is 14.7 Å². The average Bonchev–Trinajstić information content (AvgIpc) is 2.56. The fourth-order valence-electron chi connectivity index (χ4n) is 6.08. The average molecular weight is 356 g/mol. The molecule has 140 valence electrons. The van der Waals surface area contributed by atoms with Crippen molar-refractivity contribution in [1.29, 1.82) is 0 Å². The second-order valence-corrected chi connectivity index (χ2v) is 8.83. The van der Waals surface area contributed by atoms with E-state index >= 15 is 0 Å². The van der Waals surface area contributed by atoms with Crippen LogP contribution in [0.25, 0.3) is 0 Å². The SMILES string of the molecule is O=C(CC12CC3CC(CC(O)(C3)C1)C2)NCCNC(=O)c1ccccc1. The lowest BCUT2D eigenvalue weighted by atomic mass is 9.47. The van der Waals surface area contributed by atoms with Crippen LogP contribution >= 0.6 is 0 Å². The van der Waals surface area contributed by atoms with Crippen LogP contribution in [0, 0.1) is 17.3 Å². The fraction of sp³-hybridized carbons (Fsp3) is 0.619. The summed E-state index contributed by atoms with van der Waals surface area (Å²) in [6, 6.07) is 9.07. The molecule has 2 unspecified atom stereocenters. The first-order chi connectivity index (χ1) is 12.5. The third-order valence-corrected chi connectivity index (χ3v) is 6.46. The van der Waals surface area contributed by atoms with Gasteiger partial charge in [-0.2, -0.15) is 0 Å². The zero-order valence-corrected chi connectivity index (χ0v) is 15.2. The second kappa shape index (κ2) is 6.69. The Hall–Kier alpha value is -1.88. The van der Waals surface area contributed by atoms with Crippen molar-refractivity contribution in [3.63, 3.8) is 0 Å². The number of benzene rings is 1. The van der Waals surface area contributed by atoms with Gasteiger partial charge in [0.2, 0.25) is 5.91 Å². The maximum atomic E-state index is 12.4. The molecule has 4 aliphatic carbocycles. The molecule has 5 rings (SSSR count). The van der Waals surface area contributed by atoms with Crippen molar-refractivity contribution in [3.05, 3.63) is 35.9 Å². The number of aliphatic hydroxyl groups is 1. The summed E-state index contributed by atoms with van der Waals surface area (Å²) in [7, 11) is 0. The van der Waals surface area contributed by atoms with Crippen LogP contribution in [-0.4, -0.2) is 35.6 Å². The van der Waals surface area contributed by atoms with Crippen molar-refractivity contribution >= 4 is 11.8 Å². The molecule has 0 aliphatic heterocycles. The van der Waals surface area contributed by atoms with Crippen LogP contribution in [-0.2, 0) is 4.79 Å². The van der Waals surface area contributed by atoms with Gasteiger partial charge in [0, 0.05) is 25.1 Å². The van der Waals surface area contributed by atoms with Gasteiger partial charge in [0.05, 0.1) is 5.60 Å². The Bertz CT molecular complexity index is 674. The molecular formula is C21H28N2O3. The van der Waals surface area contributed by atoms with E-state index in [-0.39, 0.29) is 17.2 Å². The minimum absolute atomic E-state index is 0.00377. The monoisotopic (exact) mass is 356 g/mol. The summed E-state index contributed by atoms with van der Waals surface area (Å²) in [6.07, 6.45) is 6.56. The maximum Gasteiger partial charge on any atom is 0.251 e. The first-order valence-corrected chi connectivity index (χ1v) is 9.78. The van der Waals surface area contributed by atoms with E-state index in [1.54, 1.807) is 12.1 Å². The van der Waals surface area contributed by atoms with Crippen LogP contribution in [0.4, 0.5) is 0 Å². The van der Waals surface area contributed by atoms with Crippen LogP contribution < -0.4 is 10.6 Å². The minimum Gasteiger partial charge on any atom is -0.390 e. The molecule has 4 saturated carbocycles. The highest BCUT2D eigenvalue weighted by atomic mass is 16.3. The number of carbonyl (C=O) groups is 2. The molecule has 2 amide bonds. The Kier molecular flexibility index (Phi) is 4.51. The zero-order valence-electron chi connectivity index (χ0n) is 15.2. The van der Waals surface area contributed by atoms with Gasteiger partial charge in [0.15, 0.2) is 0 Å². The van der Waals surface area contributed by atoms with Crippen molar-refractivity contribution in [1.82, 2.24) is 10.6 Å². The fourth-order valence-corrected chi connectivity index (χ4v) is 6.08. The highest BCUT2D eigenvalue weighted by Gasteiger charge is 2.57. The molecule has 3 N–H and O–H groups in total. The summed E-state index contributed by atoms with van der Waals surface area (Å²) in [4.78, 5) is 24.4. The second-order valence-electron chi connectivity index (χ2n) is 8.83. The number of rotatable bonds is 6. The Labute approximate surface area is 154 Å². The highest BCUT2D eigenvalue weighted by Crippen LogP contribution is 2.62. The van der Waals surface area contributed by atoms with E-state index in [4.69, 9.17) is 0 Å². The maximum absolute atomic E-state index is 12.4. The molecule has 2 atom stereocenters. The summed E-state index contributed by atoms with van der Waals surface area (Å²) in [5.41, 5.74) is 0.102. The Morgan fingerprint density at radius 3 is 2.31 bits per heavy atom. The summed E-state index contributed by atoms with van der Waals surface area (Å²) in [5, 5.41) is 16.6. The van der Waals surface area contributed by atoms with Crippen molar-refractivity contribution in [2.45, 2.75) is 50.5 Å². The number of hydrogen-bond donors (Lipinski definition) is 3. The number of amides is 2. The Balaban J connectivity index is 1.23. The summed E-state index contributed by atoms with van der Waals surface area (Å²) >= 11 is 0. The van der Waals surface area contributed by atoms with Crippen LogP contribution in [0.15, 0.2) is 30.3 Å². The molecule has 0 spiro atoms. The topological polar surface area (TPSA) is 78.4 Å². The van der Waals surface area contributed by atoms with Crippen molar-refractivity contribution in [3.8, 4) is 0 Å². The van der Waals surface area contributed by atoms with E-state index in [0.717, 1.165) is 32.1 Å². The first kappa shape index (κ1) is 17.5. The molecule has 5 heteroatoms. The molecule has 4 aliphatic rings. The molecule has 26 heavy (non-hydrogen) atoms. The van der Waals surface area contributed by atoms with E-state index in [0.29, 0.717) is 36.9 Å². The van der Waals surface area contributed by atoms with Crippen LogP contribution in [0.1, 0.15) is 55.3 Å². The van der Waals surface area contributed by atoms with Gasteiger partial charge in [0.25, 0.3) is 5.91 Å². The number of carbonyl (C=O) groups excluding carboxylic acids is 2. The molecule has 0 aromatic heterocycles. The largest absolute Gasteiger partial charge is 0.390 e. The minimum atomic E-state index is -0.520. The number of nitrogens with one attached hydrogen (secondary N) is 2. The van der Waals surface area contributed by atoms with E-state index < -0.39 is 5.60 Å². The zero-order chi connectivity index (χ0) is 18.2. The van der Waals surface area contributed by atoms with Crippen molar-refractivity contribution in [2.24, 2.45) is 17.3 Å². The van der Waals surface area contributed by atoms with Gasteiger partial charge in [-0.15, -0.1) is 0 Å². The lowest BCUT2D eigenvalue weighted by Gasteiger charge is -2.60.